The molecule has 0 saturated heterocycles. The molecule has 0 atom stereocenters. The lowest BCUT2D eigenvalue weighted by molar-refractivity contribution is -0.687. The maximum Gasteiger partial charge on any atom is 0.249 e. The van der Waals surface area contributed by atoms with Gasteiger partial charge < -0.3 is 0 Å². The predicted octanol–water partition coefficient (Wildman–Crippen LogP) is 4.08. The molecule has 1 heterocycles. The molecule has 0 aliphatic heterocycles. The summed E-state index contributed by atoms with van der Waals surface area (Å²) in [7, 11) is 0. The average Bonchev–Trinajstić information content (AvgIpc) is 2.98. The maximum absolute atomic E-state index is 14.0. The molecule has 0 saturated carbocycles. The lowest BCUT2D eigenvalue weighted by Gasteiger charge is -2.09. The first kappa shape index (κ1) is 17.1. The van der Waals surface area contributed by atoms with Gasteiger partial charge in [-0.2, -0.15) is 0 Å². The minimum absolute atomic E-state index is 0.118. The van der Waals surface area contributed by atoms with E-state index in [0.29, 0.717) is 5.69 Å². The Labute approximate surface area is 147 Å². The minimum Gasteiger partial charge on any atom is -0.294 e. The zero-order valence-electron chi connectivity index (χ0n) is 15.0. The van der Waals surface area contributed by atoms with Crippen molar-refractivity contribution >= 4 is 5.78 Å². The van der Waals surface area contributed by atoms with Crippen LogP contribution in [-0.2, 0) is 6.54 Å². The van der Waals surface area contributed by atoms with Crippen LogP contribution >= 0.6 is 0 Å². The van der Waals surface area contributed by atoms with Crippen molar-refractivity contribution in [2.24, 2.45) is 0 Å². The topological polar surface area (TPSA) is 25.9 Å². The van der Waals surface area contributed by atoms with Gasteiger partial charge in [-0.3, -0.25) is 4.79 Å². The van der Waals surface area contributed by atoms with Crippen LogP contribution in [0.2, 0.25) is 0 Å². The number of Topliss-reactive ketones (excluding diaryl/α,β-unsaturated/α-hetero) is 1. The number of nitrogens with zero attached hydrogens (tertiary/aromatic N) is 2. The van der Waals surface area contributed by atoms with Gasteiger partial charge in [0.1, 0.15) is 36.0 Å². The van der Waals surface area contributed by atoms with E-state index in [1.54, 1.807) is 16.7 Å². The number of halogens is 1. The van der Waals surface area contributed by atoms with Gasteiger partial charge >= 0.3 is 0 Å². The van der Waals surface area contributed by atoms with E-state index in [1.165, 1.54) is 35.2 Å². The number of aromatic nitrogens is 2. The third-order valence-electron chi connectivity index (χ3n) is 4.49. The van der Waals surface area contributed by atoms with E-state index in [1.807, 2.05) is 23.3 Å². The Hall–Kier alpha value is -2.75. The van der Waals surface area contributed by atoms with Gasteiger partial charge in [0, 0.05) is 0 Å². The fourth-order valence-corrected chi connectivity index (χ4v) is 3.35. The molecule has 128 valence electrons. The Morgan fingerprint density at radius 2 is 1.84 bits per heavy atom. The zero-order valence-corrected chi connectivity index (χ0v) is 15.0. The zero-order chi connectivity index (χ0) is 18.1. The largest absolute Gasteiger partial charge is 0.294 e. The summed E-state index contributed by atoms with van der Waals surface area (Å²) in [5.74, 6) is -0.769. The molecule has 0 aliphatic rings. The Balaban J connectivity index is 1.98. The molecule has 0 radical (unpaired) electrons. The molecule has 0 amide bonds. The average molecular weight is 337 g/mol. The molecule has 0 unspecified atom stereocenters. The summed E-state index contributed by atoms with van der Waals surface area (Å²) in [6, 6.07) is 9.06. The number of rotatable bonds is 4. The monoisotopic (exact) mass is 337 g/mol. The third kappa shape index (κ3) is 3.38. The van der Waals surface area contributed by atoms with Crippen LogP contribution in [0.15, 0.2) is 49.1 Å². The number of carbonyl (C=O) groups excluding carboxylic acids is 1. The van der Waals surface area contributed by atoms with Crippen molar-refractivity contribution in [2.75, 3.05) is 0 Å². The SMILES string of the molecule is CC(=O)c1c(F)cccc1-n1cc[n+](Cc2c(C)cc(C)cc2C)c1. The molecule has 0 bridgehead atoms. The summed E-state index contributed by atoms with van der Waals surface area (Å²) >= 11 is 0. The van der Waals surface area contributed by atoms with E-state index in [0.717, 1.165) is 6.54 Å². The van der Waals surface area contributed by atoms with Crippen LogP contribution < -0.4 is 4.57 Å². The fraction of sp³-hybridized carbons (Fsp3) is 0.238. The van der Waals surface area contributed by atoms with Crippen LogP contribution in [0.1, 0.15) is 39.5 Å². The fourth-order valence-electron chi connectivity index (χ4n) is 3.35. The van der Waals surface area contributed by atoms with Gasteiger partial charge in [0.05, 0.1) is 0 Å². The van der Waals surface area contributed by atoms with Crippen LogP contribution in [0.5, 0.6) is 0 Å². The highest BCUT2D eigenvalue weighted by atomic mass is 19.1. The van der Waals surface area contributed by atoms with Gasteiger partial charge in [-0.1, -0.05) is 23.8 Å². The normalized spacial score (nSPS) is 10.9. The molecule has 0 fully saturated rings. The molecule has 4 heteroatoms. The predicted molar refractivity (Wildman–Crippen MR) is 95.7 cm³/mol. The molecule has 0 spiro atoms. The minimum atomic E-state index is -0.490. The second-order valence-electron chi connectivity index (χ2n) is 6.56. The molecule has 1 aromatic heterocycles. The van der Waals surface area contributed by atoms with E-state index in [9.17, 15) is 9.18 Å². The molecule has 3 rings (SSSR count). The highest BCUT2D eigenvalue weighted by molar-refractivity contribution is 5.97. The van der Waals surface area contributed by atoms with Crippen LogP contribution in [-0.4, -0.2) is 10.4 Å². The number of carbonyl (C=O) groups is 1. The van der Waals surface area contributed by atoms with Crippen molar-refractivity contribution in [2.45, 2.75) is 34.2 Å². The Morgan fingerprint density at radius 1 is 1.16 bits per heavy atom. The van der Waals surface area contributed by atoms with Gasteiger partial charge in [0.15, 0.2) is 5.78 Å². The van der Waals surface area contributed by atoms with E-state index in [2.05, 4.69) is 32.9 Å². The van der Waals surface area contributed by atoms with E-state index in [4.69, 9.17) is 0 Å². The molecule has 0 N–H and O–H groups in total. The van der Waals surface area contributed by atoms with E-state index < -0.39 is 5.82 Å². The summed E-state index contributed by atoms with van der Waals surface area (Å²) in [4.78, 5) is 11.8. The molecule has 2 aromatic carbocycles. The van der Waals surface area contributed by atoms with Crippen molar-refractivity contribution in [1.29, 1.82) is 0 Å². The summed E-state index contributed by atoms with van der Waals surface area (Å²) in [5, 5.41) is 0. The Kier molecular flexibility index (Phi) is 4.53. The first-order valence-corrected chi connectivity index (χ1v) is 8.30. The first-order chi connectivity index (χ1) is 11.9. The van der Waals surface area contributed by atoms with Crippen molar-refractivity contribution in [1.82, 2.24) is 4.57 Å². The lowest BCUT2D eigenvalue weighted by atomic mass is 10.00. The molecular weight excluding hydrogens is 315 g/mol. The standard InChI is InChI=1S/C21H22FN2O/c1-14-10-15(2)18(16(3)11-14)12-23-8-9-24(13-23)20-7-5-6-19(22)21(20)17(4)25/h5-11,13H,12H2,1-4H3/q+1. The number of hydrogen-bond acceptors (Lipinski definition) is 1. The Bertz CT molecular complexity index is 933. The second-order valence-corrected chi connectivity index (χ2v) is 6.56. The van der Waals surface area contributed by atoms with E-state index in [-0.39, 0.29) is 11.3 Å². The number of benzene rings is 2. The summed E-state index contributed by atoms with van der Waals surface area (Å²) < 4.78 is 17.9. The lowest BCUT2D eigenvalue weighted by Crippen LogP contribution is -2.32. The number of hydrogen-bond donors (Lipinski definition) is 0. The molecule has 0 aliphatic carbocycles. The van der Waals surface area contributed by atoms with Crippen molar-refractivity contribution in [3.05, 3.63) is 82.7 Å². The van der Waals surface area contributed by atoms with E-state index >= 15 is 0 Å². The second kappa shape index (κ2) is 6.63. The molecular formula is C21H22FN2O+. The maximum atomic E-state index is 14.0. The van der Waals surface area contributed by atoms with Gasteiger partial charge in [-0.15, -0.1) is 0 Å². The molecule has 3 aromatic rings. The number of imidazole rings is 1. The quantitative estimate of drug-likeness (QED) is 0.520. The molecule has 25 heavy (non-hydrogen) atoms. The van der Waals surface area contributed by atoms with Gasteiger partial charge in [-0.25, -0.2) is 13.5 Å². The van der Waals surface area contributed by atoms with Gasteiger partial charge in [-0.05, 0) is 56.5 Å². The van der Waals surface area contributed by atoms with Gasteiger partial charge in [0.25, 0.3) is 0 Å². The molecule has 3 nitrogen and oxygen atoms in total. The highest BCUT2D eigenvalue weighted by Crippen LogP contribution is 2.19. The Morgan fingerprint density at radius 3 is 2.48 bits per heavy atom. The van der Waals surface area contributed by atoms with Crippen LogP contribution in [0.25, 0.3) is 5.69 Å². The van der Waals surface area contributed by atoms with Crippen molar-refractivity contribution < 1.29 is 13.8 Å². The van der Waals surface area contributed by atoms with Crippen LogP contribution in [0.3, 0.4) is 0 Å². The summed E-state index contributed by atoms with van der Waals surface area (Å²) in [6.45, 7) is 8.45. The number of aryl methyl sites for hydroxylation is 3. The summed E-state index contributed by atoms with van der Waals surface area (Å²) in [6.07, 6.45) is 5.67. The van der Waals surface area contributed by atoms with Gasteiger partial charge in [0.2, 0.25) is 6.33 Å². The van der Waals surface area contributed by atoms with Crippen LogP contribution in [0, 0.1) is 26.6 Å². The smallest absolute Gasteiger partial charge is 0.249 e. The highest BCUT2D eigenvalue weighted by Gasteiger charge is 2.19. The number of ketones is 1. The van der Waals surface area contributed by atoms with Crippen molar-refractivity contribution in [3.8, 4) is 5.69 Å². The van der Waals surface area contributed by atoms with Crippen molar-refractivity contribution in [3.63, 3.8) is 0 Å². The van der Waals surface area contributed by atoms with Crippen LogP contribution in [0.4, 0.5) is 4.39 Å². The summed E-state index contributed by atoms with van der Waals surface area (Å²) in [5.41, 5.74) is 5.73. The first-order valence-electron chi connectivity index (χ1n) is 8.30. The third-order valence-corrected chi connectivity index (χ3v) is 4.49.